The van der Waals surface area contributed by atoms with Gasteiger partial charge in [0, 0.05) is 10.7 Å². The molecule has 0 aliphatic carbocycles. The lowest BCUT2D eigenvalue weighted by molar-refractivity contribution is -0.164. The Kier molecular flexibility index (Phi) is 3.82. The first-order valence-corrected chi connectivity index (χ1v) is 5.29. The summed E-state index contributed by atoms with van der Waals surface area (Å²) in [5.41, 5.74) is -1.43. The topological polar surface area (TPSA) is 59.4 Å². The van der Waals surface area contributed by atoms with Crippen molar-refractivity contribution < 1.29 is 14.6 Å². The molecule has 0 fully saturated rings. The lowest BCUT2D eigenvalue weighted by Crippen LogP contribution is -2.34. The van der Waals surface area contributed by atoms with Gasteiger partial charge in [-0.15, -0.1) is 0 Å². The smallest absolute Gasteiger partial charge is 0.344 e. The molecule has 0 bridgehead atoms. The van der Waals surface area contributed by atoms with Crippen molar-refractivity contribution >= 4 is 21.9 Å². The van der Waals surface area contributed by atoms with Crippen LogP contribution in [0.2, 0.25) is 0 Å². The van der Waals surface area contributed by atoms with E-state index < -0.39 is 11.6 Å². The number of hydrogen-bond donors (Lipinski definition) is 1. The molecule has 15 heavy (non-hydrogen) atoms. The highest BCUT2D eigenvalue weighted by Crippen LogP contribution is 2.21. The van der Waals surface area contributed by atoms with E-state index in [0.717, 1.165) is 4.47 Å². The van der Waals surface area contributed by atoms with Crippen molar-refractivity contribution in [2.75, 3.05) is 6.61 Å². The number of pyridine rings is 1. The van der Waals surface area contributed by atoms with Gasteiger partial charge < -0.3 is 9.84 Å². The van der Waals surface area contributed by atoms with E-state index in [1.54, 1.807) is 19.1 Å². The molecule has 1 aromatic rings. The zero-order valence-electron chi connectivity index (χ0n) is 8.53. The van der Waals surface area contributed by atoms with Gasteiger partial charge in [0.25, 0.3) is 0 Å². The summed E-state index contributed by atoms with van der Waals surface area (Å²) in [5.74, 6) is -0.695. The van der Waals surface area contributed by atoms with Crippen molar-refractivity contribution in [3.05, 3.63) is 28.5 Å². The fourth-order valence-corrected chi connectivity index (χ4v) is 1.27. The average Bonchev–Trinajstić information content (AvgIpc) is 2.18. The highest BCUT2D eigenvalue weighted by molar-refractivity contribution is 9.10. The van der Waals surface area contributed by atoms with E-state index in [0.29, 0.717) is 0 Å². The number of halogens is 1. The Bertz CT molecular complexity index is 348. The first-order valence-electron chi connectivity index (χ1n) is 4.50. The minimum Gasteiger partial charge on any atom is -0.464 e. The second-order valence-electron chi connectivity index (χ2n) is 3.15. The van der Waals surface area contributed by atoms with Crippen LogP contribution in [0.4, 0.5) is 0 Å². The van der Waals surface area contributed by atoms with E-state index >= 15 is 0 Å². The van der Waals surface area contributed by atoms with Gasteiger partial charge in [0.2, 0.25) is 5.60 Å². The number of carbonyl (C=O) groups is 1. The Morgan fingerprint density at radius 3 is 2.80 bits per heavy atom. The standard InChI is InChI=1S/C10H12BrNO3/c1-3-15-9(13)10(2,14)8-5-4-7(11)6-12-8/h4-6,14H,3H2,1-2H3. The van der Waals surface area contributed by atoms with Crippen LogP contribution in [-0.4, -0.2) is 22.7 Å². The highest BCUT2D eigenvalue weighted by atomic mass is 79.9. The number of carbonyl (C=O) groups excluding carboxylic acids is 1. The second-order valence-corrected chi connectivity index (χ2v) is 4.07. The molecule has 0 saturated carbocycles. The van der Waals surface area contributed by atoms with Gasteiger partial charge in [0.15, 0.2) is 0 Å². The summed E-state index contributed by atoms with van der Waals surface area (Å²) < 4.78 is 5.53. The Hall–Kier alpha value is -0.940. The van der Waals surface area contributed by atoms with Crippen LogP contribution in [-0.2, 0) is 15.1 Å². The molecule has 1 unspecified atom stereocenters. The van der Waals surface area contributed by atoms with Gasteiger partial charge in [0.05, 0.1) is 12.3 Å². The van der Waals surface area contributed by atoms with Crippen LogP contribution < -0.4 is 0 Å². The maximum Gasteiger partial charge on any atom is 0.344 e. The fraction of sp³-hybridized carbons (Fsp3) is 0.400. The zero-order valence-corrected chi connectivity index (χ0v) is 10.1. The fourth-order valence-electron chi connectivity index (χ4n) is 1.04. The number of ether oxygens (including phenoxy) is 1. The van der Waals surface area contributed by atoms with Crippen LogP contribution in [0.5, 0.6) is 0 Å². The minimum atomic E-state index is -1.70. The van der Waals surface area contributed by atoms with Crippen LogP contribution in [0.25, 0.3) is 0 Å². The van der Waals surface area contributed by atoms with E-state index in [4.69, 9.17) is 4.74 Å². The number of hydrogen-bond acceptors (Lipinski definition) is 4. The Morgan fingerprint density at radius 1 is 1.67 bits per heavy atom. The molecule has 0 aliphatic rings. The van der Waals surface area contributed by atoms with Gasteiger partial charge >= 0.3 is 5.97 Å². The van der Waals surface area contributed by atoms with Crippen LogP contribution in [0.3, 0.4) is 0 Å². The Balaban J connectivity index is 2.94. The SMILES string of the molecule is CCOC(=O)C(C)(O)c1ccc(Br)cn1. The van der Waals surface area contributed by atoms with Crippen molar-refractivity contribution in [3.8, 4) is 0 Å². The molecule has 5 heteroatoms. The minimum absolute atomic E-state index is 0.228. The molecule has 4 nitrogen and oxygen atoms in total. The lowest BCUT2D eigenvalue weighted by Gasteiger charge is -2.20. The summed E-state index contributed by atoms with van der Waals surface area (Å²) in [6, 6.07) is 3.27. The van der Waals surface area contributed by atoms with E-state index in [1.807, 2.05) is 0 Å². The van der Waals surface area contributed by atoms with Crippen LogP contribution in [0, 0.1) is 0 Å². The van der Waals surface area contributed by atoms with Gasteiger partial charge in [-0.25, -0.2) is 4.79 Å². The molecule has 1 heterocycles. The predicted molar refractivity (Wildman–Crippen MR) is 58.1 cm³/mol. The van der Waals surface area contributed by atoms with Crippen molar-refractivity contribution in [1.29, 1.82) is 0 Å². The van der Waals surface area contributed by atoms with E-state index in [1.165, 1.54) is 13.1 Å². The summed E-state index contributed by atoms with van der Waals surface area (Å²) in [6.45, 7) is 3.27. The summed E-state index contributed by atoms with van der Waals surface area (Å²) in [5, 5.41) is 9.92. The van der Waals surface area contributed by atoms with Crippen molar-refractivity contribution in [2.45, 2.75) is 19.4 Å². The molecule has 1 rings (SSSR count). The van der Waals surface area contributed by atoms with Crippen molar-refractivity contribution in [2.24, 2.45) is 0 Å². The molecule has 1 N–H and O–H groups in total. The molecule has 1 aromatic heterocycles. The number of rotatable bonds is 3. The third kappa shape index (κ3) is 2.76. The molecule has 0 radical (unpaired) electrons. The van der Waals surface area contributed by atoms with Crippen LogP contribution in [0.1, 0.15) is 19.5 Å². The Morgan fingerprint density at radius 2 is 2.33 bits per heavy atom. The normalized spacial score (nSPS) is 14.4. The van der Waals surface area contributed by atoms with Gasteiger partial charge in [-0.1, -0.05) is 0 Å². The van der Waals surface area contributed by atoms with E-state index in [9.17, 15) is 9.90 Å². The number of aromatic nitrogens is 1. The zero-order chi connectivity index (χ0) is 11.5. The van der Waals surface area contributed by atoms with Gasteiger partial charge in [-0.2, -0.15) is 0 Å². The number of aliphatic hydroxyl groups is 1. The average molecular weight is 274 g/mol. The molecule has 0 saturated heterocycles. The molecular weight excluding hydrogens is 262 g/mol. The maximum absolute atomic E-state index is 11.4. The van der Waals surface area contributed by atoms with E-state index in [2.05, 4.69) is 20.9 Å². The highest BCUT2D eigenvalue weighted by Gasteiger charge is 2.35. The second kappa shape index (κ2) is 4.72. The Labute approximate surface area is 96.4 Å². The summed E-state index contributed by atoms with van der Waals surface area (Å²) in [4.78, 5) is 15.4. The summed E-state index contributed by atoms with van der Waals surface area (Å²) in [6.07, 6.45) is 1.52. The molecule has 0 aliphatic heterocycles. The molecule has 1 atom stereocenters. The van der Waals surface area contributed by atoms with Gasteiger partial charge in [-0.3, -0.25) is 4.98 Å². The van der Waals surface area contributed by atoms with E-state index in [-0.39, 0.29) is 12.3 Å². The first-order chi connectivity index (χ1) is 6.98. The summed E-state index contributed by atoms with van der Waals surface area (Å²) in [7, 11) is 0. The third-order valence-electron chi connectivity index (χ3n) is 1.90. The molecule has 0 spiro atoms. The molecule has 0 aromatic carbocycles. The number of esters is 1. The first kappa shape index (κ1) is 12.1. The quantitative estimate of drug-likeness (QED) is 0.851. The van der Waals surface area contributed by atoms with Crippen molar-refractivity contribution in [3.63, 3.8) is 0 Å². The molecular formula is C10H12BrNO3. The number of nitrogens with zero attached hydrogens (tertiary/aromatic N) is 1. The monoisotopic (exact) mass is 273 g/mol. The van der Waals surface area contributed by atoms with Crippen molar-refractivity contribution in [1.82, 2.24) is 4.98 Å². The van der Waals surface area contributed by atoms with Crippen LogP contribution in [0.15, 0.2) is 22.8 Å². The predicted octanol–water partition coefficient (Wildman–Crippen LogP) is 1.61. The van der Waals surface area contributed by atoms with Crippen LogP contribution >= 0.6 is 15.9 Å². The molecule has 82 valence electrons. The summed E-state index contributed by atoms with van der Waals surface area (Å²) >= 11 is 3.22. The molecule has 0 amide bonds. The maximum atomic E-state index is 11.4. The largest absolute Gasteiger partial charge is 0.464 e. The van der Waals surface area contributed by atoms with Gasteiger partial charge in [0.1, 0.15) is 0 Å². The lowest BCUT2D eigenvalue weighted by atomic mass is 10.0. The van der Waals surface area contributed by atoms with Gasteiger partial charge in [-0.05, 0) is 41.9 Å². The third-order valence-corrected chi connectivity index (χ3v) is 2.37.